The van der Waals surface area contributed by atoms with Crippen LogP contribution >= 0.6 is 0 Å². The molecule has 0 fully saturated rings. The van der Waals surface area contributed by atoms with Gasteiger partial charge >= 0.3 is 0 Å². The Hall–Kier alpha value is -1.71. The molecule has 2 unspecified atom stereocenters. The number of rotatable bonds is 4. The smallest absolute Gasteiger partial charge is 0.251 e. The maximum atomic E-state index is 11.8. The Balaban J connectivity index is 2.76. The second-order valence-corrected chi connectivity index (χ2v) is 4.39. The van der Waals surface area contributed by atoms with Crippen molar-refractivity contribution in [1.82, 2.24) is 5.32 Å². The van der Waals surface area contributed by atoms with Gasteiger partial charge in [-0.15, -0.1) is 0 Å². The lowest BCUT2D eigenvalue weighted by Crippen LogP contribution is -2.36. The van der Waals surface area contributed by atoms with Gasteiger partial charge in [0.2, 0.25) is 0 Å². The van der Waals surface area contributed by atoms with Crippen molar-refractivity contribution in [3.8, 4) is 11.5 Å². The zero-order valence-electron chi connectivity index (χ0n) is 10.4. The van der Waals surface area contributed by atoms with Crippen LogP contribution < -0.4 is 5.32 Å². The minimum atomic E-state index is -0.288. The molecule has 17 heavy (non-hydrogen) atoms. The fourth-order valence-corrected chi connectivity index (χ4v) is 1.51. The average molecular weight is 237 g/mol. The van der Waals surface area contributed by atoms with Crippen LogP contribution in [0.1, 0.15) is 37.6 Å². The largest absolute Gasteiger partial charge is 0.508 e. The van der Waals surface area contributed by atoms with E-state index in [4.69, 9.17) is 0 Å². The maximum Gasteiger partial charge on any atom is 0.251 e. The molecule has 1 aromatic carbocycles. The van der Waals surface area contributed by atoms with Gasteiger partial charge < -0.3 is 15.5 Å². The molecule has 94 valence electrons. The Morgan fingerprint density at radius 1 is 1.24 bits per heavy atom. The van der Waals surface area contributed by atoms with Crippen LogP contribution in [0.3, 0.4) is 0 Å². The molecule has 0 radical (unpaired) electrons. The van der Waals surface area contributed by atoms with E-state index < -0.39 is 0 Å². The highest BCUT2D eigenvalue weighted by Gasteiger charge is 2.15. The zero-order chi connectivity index (χ0) is 13.0. The SMILES string of the molecule is CCC(C)C(C)NC(=O)c1cc(O)cc(O)c1. The van der Waals surface area contributed by atoms with E-state index in [1.807, 2.05) is 6.92 Å². The number of hydrogen-bond acceptors (Lipinski definition) is 3. The highest BCUT2D eigenvalue weighted by molar-refractivity contribution is 5.95. The van der Waals surface area contributed by atoms with Gasteiger partial charge in [-0.3, -0.25) is 4.79 Å². The van der Waals surface area contributed by atoms with Crippen LogP contribution in [0.5, 0.6) is 11.5 Å². The van der Waals surface area contributed by atoms with Gasteiger partial charge in [-0.05, 0) is 25.0 Å². The fraction of sp³-hybridized carbons (Fsp3) is 0.462. The number of amides is 1. The lowest BCUT2D eigenvalue weighted by atomic mass is 10.0. The summed E-state index contributed by atoms with van der Waals surface area (Å²) in [6.45, 7) is 6.06. The van der Waals surface area contributed by atoms with E-state index in [-0.39, 0.29) is 29.0 Å². The second kappa shape index (κ2) is 5.57. The normalized spacial score (nSPS) is 14.1. The quantitative estimate of drug-likeness (QED) is 0.752. The summed E-state index contributed by atoms with van der Waals surface area (Å²) in [6.07, 6.45) is 0.979. The molecule has 0 saturated heterocycles. The number of phenolic OH excluding ortho intramolecular Hbond substituents is 2. The average Bonchev–Trinajstić information content (AvgIpc) is 2.26. The molecule has 1 aromatic rings. The third-order valence-electron chi connectivity index (χ3n) is 3.02. The molecule has 4 heteroatoms. The topological polar surface area (TPSA) is 69.6 Å². The van der Waals surface area contributed by atoms with Gasteiger partial charge in [0, 0.05) is 17.7 Å². The van der Waals surface area contributed by atoms with Crippen molar-refractivity contribution in [3.63, 3.8) is 0 Å². The highest BCUT2D eigenvalue weighted by Crippen LogP contribution is 2.20. The molecule has 0 spiro atoms. The van der Waals surface area contributed by atoms with E-state index in [0.29, 0.717) is 5.92 Å². The Labute approximate surface area is 101 Å². The van der Waals surface area contributed by atoms with Gasteiger partial charge in [0.1, 0.15) is 11.5 Å². The van der Waals surface area contributed by atoms with Crippen LogP contribution in [-0.4, -0.2) is 22.2 Å². The van der Waals surface area contributed by atoms with Crippen molar-refractivity contribution < 1.29 is 15.0 Å². The molecule has 0 bridgehead atoms. The maximum absolute atomic E-state index is 11.8. The summed E-state index contributed by atoms with van der Waals surface area (Å²) in [5, 5.41) is 21.4. The standard InChI is InChI=1S/C13H19NO3/c1-4-8(2)9(3)14-13(17)10-5-11(15)7-12(16)6-10/h5-9,15-16H,4H2,1-3H3,(H,14,17). The summed E-state index contributed by atoms with van der Waals surface area (Å²) in [6, 6.07) is 3.91. The first-order valence-corrected chi connectivity index (χ1v) is 5.78. The van der Waals surface area contributed by atoms with Crippen molar-refractivity contribution in [1.29, 1.82) is 0 Å². The Bertz CT molecular complexity index is 383. The van der Waals surface area contributed by atoms with E-state index in [1.165, 1.54) is 18.2 Å². The third kappa shape index (κ3) is 3.66. The number of phenols is 2. The van der Waals surface area contributed by atoms with E-state index >= 15 is 0 Å². The van der Waals surface area contributed by atoms with Crippen LogP contribution in [0.25, 0.3) is 0 Å². The van der Waals surface area contributed by atoms with Gasteiger partial charge in [0.15, 0.2) is 0 Å². The lowest BCUT2D eigenvalue weighted by molar-refractivity contribution is 0.0927. The van der Waals surface area contributed by atoms with Crippen LogP contribution in [-0.2, 0) is 0 Å². The minimum Gasteiger partial charge on any atom is -0.508 e. The van der Waals surface area contributed by atoms with Gasteiger partial charge in [-0.1, -0.05) is 20.3 Å². The first-order chi connectivity index (χ1) is 7.93. The molecule has 0 aliphatic rings. The van der Waals surface area contributed by atoms with Crippen LogP contribution in [0.4, 0.5) is 0 Å². The number of carbonyl (C=O) groups is 1. The lowest BCUT2D eigenvalue weighted by Gasteiger charge is -2.19. The Kier molecular flexibility index (Phi) is 4.37. The van der Waals surface area contributed by atoms with E-state index in [9.17, 15) is 15.0 Å². The van der Waals surface area contributed by atoms with E-state index in [2.05, 4.69) is 19.2 Å². The van der Waals surface area contributed by atoms with Crippen molar-refractivity contribution in [2.24, 2.45) is 5.92 Å². The molecule has 1 amide bonds. The molecule has 2 atom stereocenters. The predicted octanol–water partition coefficient (Wildman–Crippen LogP) is 2.26. The molecule has 4 nitrogen and oxygen atoms in total. The zero-order valence-corrected chi connectivity index (χ0v) is 10.4. The monoisotopic (exact) mass is 237 g/mol. The number of aromatic hydroxyl groups is 2. The van der Waals surface area contributed by atoms with E-state index in [1.54, 1.807) is 0 Å². The van der Waals surface area contributed by atoms with Gasteiger partial charge in [0.05, 0.1) is 0 Å². The third-order valence-corrected chi connectivity index (χ3v) is 3.02. The van der Waals surface area contributed by atoms with Gasteiger partial charge in [-0.25, -0.2) is 0 Å². The van der Waals surface area contributed by atoms with Gasteiger partial charge in [-0.2, -0.15) is 0 Å². The molecular formula is C13H19NO3. The molecule has 0 heterocycles. The molecular weight excluding hydrogens is 218 g/mol. The fourth-order valence-electron chi connectivity index (χ4n) is 1.51. The first kappa shape index (κ1) is 13.4. The number of carbonyl (C=O) groups excluding carboxylic acids is 1. The Morgan fingerprint density at radius 3 is 2.24 bits per heavy atom. The first-order valence-electron chi connectivity index (χ1n) is 5.78. The van der Waals surface area contributed by atoms with Crippen molar-refractivity contribution in [2.75, 3.05) is 0 Å². The highest BCUT2D eigenvalue weighted by atomic mass is 16.3. The molecule has 0 saturated carbocycles. The minimum absolute atomic E-state index is 0.0528. The van der Waals surface area contributed by atoms with Crippen molar-refractivity contribution >= 4 is 5.91 Å². The molecule has 0 aliphatic carbocycles. The van der Waals surface area contributed by atoms with Gasteiger partial charge in [0.25, 0.3) is 5.91 Å². The summed E-state index contributed by atoms with van der Waals surface area (Å²) in [4.78, 5) is 11.8. The molecule has 1 rings (SSSR count). The number of hydrogen-bond donors (Lipinski definition) is 3. The molecule has 3 N–H and O–H groups in total. The summed E-state index contributed by atoms with van der Waals surface area (Å²) < 4.78 is 0. The van der Waals surface area contributed by atoms with Crippen molar-refractivity contribution in [3.05, 3.63) is 23.8 Å². The van der Waals surface area contributed by atoms with E-state index in [0.717, 1.165) is 6.42 Å². The summed E-state index contributed by atoms with van der Waals surface area (Å²) in [5.41, 5.74) is 0.262. The Morgan fingerprint density at radius 2 is 1.76 bits per heavy atom. The summed E-state index contributed by atoms with van der Waals surface area (Å²) in [5.74, 6) is -0.147. The predicted molar refractivity (Wildman–Crippen MR) is 66.2 cm³/mol. The molecule has 0 aromatic heterocycles. The summed E-state index contributed by atoms with van der Waals surface area (Å²) >= 11 is 0. The number of nitrogens with one attached hydrogen (secondary N) is 1. The molecule has 0 aliphatic heterocycles. The van der Waals surface area contributed by atoms with Crippen LogP contribution in [0, 0.1) is 5.92 Å². The second-order valence-electron chi connectivity index (χ2n) is 4.39. The van der Waals surface area contributed by atoms with Crippen molar-refractivity contribution in [2.45, 2.75) is 33.2 Å². The van der Waals surface area contributed by atoms with Crippen LogP contribution in [0.15, 0.2) is 18.2 Å². The van der Waals surface area contributed by atoms with Crippen LogP contribution in [0.2, 0.25) is 0 Å². The number of benzene rings is 1. The summed E-state index contributed by atoms with van der Waals surface area (Å²) in [7, 11) is 0.